The number of hydrogen-bond acceptors (Lipinski definition) is 4. The smallest absolute Gasteiger partial charge is 0.223 e. The predicted octanol–water partition coefficient (Wildman–Crippen LogP) is 1.79. The Kier molecular flexibility index (Phi) is 7.22. The molecule has 0 aliphatic heterocycles. The Labute approximate surface area is 147 Å². The lowest BCUT2D eigenvalue weighted by atomic mass is 10.1. The van der Waals surface area contributed by atoms with Gasteiger partial charge in [-0.1, -0.05) is 18.2 Å². The summed E-state index contributed by atoms with van der Waals surface area (Å²) >= 11 is 0. The van der Waals surface area contributed by atoms with Crippen LogP contribution in [0.4, 0.5) is 0 Å². The number of aliphatic hydroxyl groups excluding tert-OH is 1. The van der Waals surface area contributed by atoms with Crippen molar-refractivity contribution in [2.45, 2.75) is 31.5 Å². The van der Waals surface area contributed by atoms with Crippen molar-refractivity contribution in [3.8, 4) is 0 Å². The molecule has 1 fully saturated rings. The molecule has 3 rings (SSSR count). The average Bonchev–Trinajstić information content (AvgIpc) is 2.84. The monoisotopic (exact) mass is 357 g/mol. The number of carbonyl (C=O) groups is 1. The second-order valence-electron chi connectivity index (χ2n) is 5.60. The highest BCUT2D eigenvalue weighted by Gasteiger charge is 2.34. The zero-order chi connectivity index (χ0) is 14.8. The molecule has 7 heteroatoms. The number of fused-ring (bicyclic) bond motifs is 1. The van der Waals surface area contributed by atoms with E-state index in [4.69, 9.17) is 5.73 Å². The molecule has 1 amide bonds. The second-order valence-corrected chi connectivity index (χ2v) is 5.60. The van der Waals surface area contributed by atoms with Crippen LogP contribution in [-0.4, -0.2) is 28.1 Å². The Bertz CT molecular complexity index is 653. The van der Waals surface area contributed by atoms with Gasteiger partial charge in [0.2, 0.25) is 5.91 Å². The van der Waals surface area contributed by atoms with Crippen LogP contribution in [0.2, 0.25) is 0 Å². The lowest BCUT2D eigenvalue weighted by Crippen LogP contribution is -2.30. The van der Waals surface area contributed by atoms with Crippen LogP contribution in [0.25, 0.3) is 10.9 Å². The summed E-state index contributed by atoms with van der Waals surface area (Å²) in [5.41, 5.74) is 7.71. The molecule has 1 aliphatic carbocycles. The summed E-state index contributed by atoms with van der Waals surface area (Å²) in [5, 5.41) is 13.6. The maximum atomic E-state index is 12.2. The van der Waals surface area contributed by atoms with Crippen LogP contribution in [0, 0.1) is 5.92 Å². The first kappa shape index (κ1) is 19.6. The number of aliphatic hydroxyl groups is 1. The van der Waals surface area contributed by atoms with E-state index in [1.54, 1.807) is 6.20 Å². The molecule has 0 bridgehead atoms. The minimum atomic E-state index is -0.567. The van der Waals surface area contributed by atoms with Crippen LogP contribution in [-0.2, 0) is 11.3 Å². The molecule has 23 heavy (non-hydrogen) atoms. The molecule has 1 aliphatic rings. The fourth-order valence-electron chi connectivity index (χ4n) is 2.90. The van der Waals surface area contributed by atoms with Crippen molar-refractivity contribution in [1.82, 2.24) is 10.3 Å². The van der Waals surface area contributed by atoms with Gasteiger partial charge in [0, 0.05) is 30.1 Å². The van der Waals surface area contributed by atoms with Gasteiger partial charge in [0.25, 0.3) is 0 Å². The molecule has 0 radical (unpaired) electrons. The van der Waals surface area contributed by atoms with E-state index in [1.807, 2.05) is 30.3 Å². The molecule has 3 atom stereocenters. The van der Waals surface area contributed by atoms with Crippen LogP contribution in [0.3, 0.4) is 0 Å². The third-order valence-corrected chi connectivity index (χ3v) is 4.14. The predicted molar refractivity (Wildman–Crippen MR) is 94.8 cm³/mol. The standard InChI is InChI=1S/C16H19N3O2.2ClH/c17-13-7-11(8-15(13)20)16(21)19-9-10-5-6-18-14-4-2-1-3-12(10)14;;/h1-6,11,13,15,20H,7-9,17H2,(H,19,21);2*1H/t11-,13-,15-;;/m0../s1. The minimum Gasteiger partial charge on any atom is -0.391 e. The first-order valence-corrected chi connectivity index (χ1v) is 7.19. The molecule has 0 unspecified atom stereocenters. The first-order chi connectivity index (χ1) is 10.1. The van der Waals surface area contributed by atoms with Crippen LogP contribution < -0.4 is 11.1 Å². The van der Waals surface area contributed by atoms with Gasteiger partial charge in [-0.15, -0.1) is 24.8 Å². The molecule has 1 saturated carbocycles. The number of carbonyl (C=O) groups excluding carboxylic acids is 1. The summed E-state index contributed by atoms with van der Waals surface area (Å²) in [6.07, 6.45) is 2.18. The summed E-state index contributed by atoms with van der Waals surface area (Å²) in [5.74, 6) is -0.231. The van der Waals surface area contributed by atoms with Gasteiger partial charge in [0.1, 0.15) is 0 Å². The topological polar surface area (TPSA) is 88.2 Å². The molecular formula is C16H21Cl2N3O2. The van der Waals surface area contributed by atoms with Gasteiger partial charge in [0.15, 0.2) is 0 Å². The fraction of sp³-hybridized carbons (Fsp3) is 0.375. The van der Waals surface area contributed by atoms with E-state index in [0.29, 0.717) is 19.4 Å². The van der Waals surface area contributed by atoms with Crippen molar-refractivity contribution in [3.63, 3.8) is 0 Å². The molecule has 2 aromatic rings. The lowest BCUT2D eigenvalue weighted by Gasteiger charge is -2.11. The number of aromatic nitrogens is 1. The van der Waals surface area contributed by atoms with E-state index in [1.165, 1.54) is 0 Å². The minimum absolute atomic E-state index is 0. The van der Waals surface area contributed by atoms with Gasteiger partial charge in [-0.05, 0) is 30.5 Å². The molecule has 1 aromatic carbocycles. The van der Waals surface area contributed by atoms with Crippen LogP contribution >= 0.6 is 24.8 Å². The quantitative estimate of drug-likeness (QED) is 0.781. The zero-order valence-electron chi connectivity index (χ0n) is 12.5. The van der Waals surface area contributed by atoms with Crippen molar-refractivity contribution in [3.05, 3.63) is 42.1 Å². The van der Waals surface area contributed by atoms with Crippen molar-refractivity contribution < 1.29 is 9.90 Å². The van der Waals surface area contributed by atoms with Crippen molar-refractivity contribution in [1.29, 1.82) is 0 Å². The molecule has 1 heterocycles. The van der Waals surface area contributed by atoms with E-state index < -0.39 is 6.10 Å². The first-order valence-electron chi connectivity index (χ1n) is 7.19. The van der Waals surface area contributed by atoms with Gasteiger partial charge in [-0.3, -0.25) is 9.78 Å². The Morgan fingerprint density at radius 2 is 2.00 bits per heavy atom. The number of halogens is 2. The largest absolute Gasteiger partial charge is 0.391 e. The Hall–Kier alpha value is -1.40. The molecule has 126 valence electrons. The maximum absolute atomic E-state index is 12.2. The Balaban J connectivity index is 0.00000132. The van der Waals surface area contributed by atoms with E-state index in [0.717, 1.165) is 16.5 Å². The van der Waals surface area contributed by atoms with Gasteiger partial charge < -0.3 is 16.2 Å². The van der Waals surface area contributed by atoms with Crippen molar-refractivity contribution in [2.75, 3.05) is 0 Å². The maximum Gasteiger partial charge on any atom is 0.223 e. The third kappa shape index (κ3) is 4.32. The number of nitrogens with one attached hydrogen (secondary N) is 1. The van der Waals surface area contributed by atoms with Gasteiger partial charge in [-0.25, -0.2) is 0 Å². The highest BCUT2D eigenvalue weighted by atomic mass is 35.5. The fourth-order valence-corrected chi connectivity index (χ4v) is 2.90. The van der Waals surface area contributed by atoms with E-state index in [9.17, 15) is 9.90 Å². The lowest BCUT2D eigenvalue weighted by molar-refractivity contribution is -0.125. The number of hydrogen-bond donors (Lipinski definition) is 3. The SMILES string of the molecule is Cl.Cl.N[C@H]1C[C@H](C(=O)NCc2ccnc3ccccc23)C[C@@H]1O. The molecule has 0 spiro atoms. The normalized spacial score (nSPS) is 23.0. The number of amides is 1. The van der Waals surface area contributed by atoms with E-state index in [2.05, 4.69) is 10.3 Å². The number of benzene rings is 1. The van der Waals surface area contributed by atoms with E-state index >= 15 is 0 Å². The van der Waals surface area contributed by atoms with Crippen LogP contribution in [0.15, 0.2) is 36.5 Å². The van der Waals surface area contributed by atoms with E-state index in [-0.39, 0.29) is 42.7 Å². The Morgan fingerprint density at radius 3 is 2.70 bits per heavy atom. The zero-order valence-corrected chi connectivity index (χ0v) is 14.1. The van der Waals surface area contributed by atoms with Gasteiger partial charge >= 0.3 is 0 Å². The highest BCUT2D eigenvalue weighted by molar-refractivity contribution is 5.85. The number of rotatable bonds is 3. The summed E-state index contributed by atoms with van der Waals surface area (Å²) in [6.45, 7) is 0.462. The molecule has 5 nitrogen and oxygen atoms in total. The molecular weight excluding hydrogens is 337 g/mol. The summed E-state index contributed by atoms with van der Waals surface area (Å²) < 4.78 is 0. The Morgan fingerprint density at radius 1 is 1.26 bits per heavy atom. The molecule has 1 aromatic heterocycles. The summed E-state index contributed by atoms with van der Waals surface area (Å²) in [6, 6.07) is 9.48. The number of nitrogens with zero attached hydrogens (tertiary/aromatic N) is 1. The van der Waals surface area contributed by atoms with Crippen molar-refractivity contribution in [2.24, 2.45) is 11.7 Å². The van der Waals surface area contributed by atoms with Gasteiger partial charge in [0.05, 0.1) is 11.6 Å². The second kappa shape index (κ2) is 8.45. The van der Waals surface area contributed by atoms with Crippen LogP contribution in [0.5, 0.6) is 0 Å². The number of pyridine rings is 1. The summed E-state index contributed by atoms with van der Waals surface area (Å²) in [4.78, 5) is 16.5. The number of nitrogens with two attached hydrogens (primary N) is 1. The van der Waals surface area contributed by atoms with Gasteiger partial charge in [-0.2, -0.15) is 0 Å². The summed E-state index contributed by atoms with van der Waals surface area (Å²) in [7, 11) is 0. The van der Waals surface area contributed by atoms with Crippen LogP contribution in [0.1, 0.15) is 18.4 Å². The highest BCUT2D eigenvalue weighted by Crippen LogP contribution is 2.25. The number of para-hydroxylation sites is 1. The van der Waals surface area contributed by atoms with Crippen molar-refractivity contribution >= 4 is 41.6 Å². The average molecular weight is 358 g/mol. The molecule has 0 saturated heterocycles. The molecule has 4 N–H and O–H groups in total. The third-order valence-electron chi connectivity index (χ3n) is 4.14.